The van der Waals surface area contributed by atoms with E-state index in [9.17, 15) is 44.1 Å². The number of amides is 4. The van der Waals surface area contributed by atoms with Crippen LogP contribution < -0.4 is 21.7 Å². The van der Waals surface area contributed by atoms with E-state index in [1.165, 1.54) is 29.2 Å². The van der Waals surface area contributed by atoms with Crippen molar-refractivity contribution in [3.8, 4) is 5.75 Å². The quantitative estimate of drug-likeness (QED) is 0.127. The van der Waals surface area contributed by atoms with Crippen molar-refractivity contribution in [2.75, 3.05) is 6.54 Å². The van der Waals surface area contributed by atoms with Crippen molar-refractivity contribution in [3.63, 3.8) is 0 Å². The number of nitrogens with two attached hydrogens (primary N) is 1. The average molecular weight is 634 g/mol. The molecular formula is C31H47N5O9. The van der Waals surface area contributed by atoms with E-state index in [1.807, 2.05) is 13.8 Å². The number of hydrogen-bond acceptors (Lipinski definition) is 8. The van der Waals surface area contributed by atoms with E-state index in [-0.39, 0.29) is 42.8 Å². The van der Waals surface area contributed by atoms with Gasteiger partial charge in [0.05, 0.1) is 6.04 Å². The molecule has 1 aromatic carbocycles. The lowest BCUT2D eigenvalue weighted by Gasteiger charge is -2.29. The number of carboxylic acid groups (broad SMARTS) is 2. The largest absolute Gasteiger partial charge is 0.508 e. The number of aromatic hydroxyl groups is 1. The van der Waals surface area contributed by atoms with Crippen molar-refractivity contribution in [1.82, 2.24) is 20.9 Å². The first kappa shape index (κ1) is 37.0. The number of phenolic OH excluding ortho intramolecular Hbond substituents is 1. The topological polar surface area (TPSA) is 228 Å². The number of phenols is 1. The SMILES string of the molecule is CC(C)C[C@H](NC(=O)[C@H](CCC(=O)O)NC(=O)[C@@H]1CCCN1C(=O)[C@@H](N)CC(C)C)C(=O)N[C@@H](Cc1ccc(O)cc1)C(=O)O. The minimum absolute atomic E-state index is 0.000791. The second-order valence-corrected chi connectivity index (χ2v) is 12.4. The van der Waals surface area contributed by atoms with Crippen molar-refractivity contribution in [3.05, 3.63) is 29.8 Å². The normalized spacial score (nSPS) is 17.3. The summed E-state index contributed by atoms with van der Waals surface area (Å²) in [7, 11) is 0. The first-order valence-corrected chi connectivity index (χ1v) is 15.3. The van der Waals surface area contributed by atoms with Crippen molar-refractivity contribution < 1.29 is 44.1 Å². The van der Waals surface area contributed by atoms with Crippen LogP contribution in [0.3, 0.4) is 0 Å². The lowest BCUT2D eigenvalue weighted by molar-refractivity contribution is -0.142. The molecule has 2 rings (SSSR count). The number of carbonyl (C=O) groups excluding carboxylic acids is 4. The average Bonchev–Trinajstić information content (AvgIpc) is 3.44. The second kappa shape index (κ2) is 17.3. The Morgan fingerprint density at radius 3 is 2.00 bits per heavy atom. The van der Waals surface area contributed by atoms with Crippen LogP contribution in [0.5, 0.6) is 5.75 Å². The highest BCUT2D eigenvalue weighted by molar-refractivity contribution is 5.95. The van der Waals surface area contributed by atoms with Crippen LogP contribution in [0.1, 0.15) is 71.8 Å². The minimum Gasteiger partial charge on any atom is -0.508 e. The van der Waals surface area contributed by atoms with E-state index < -0.39 is 66.3 Å². The molecule has 1 aliphatic rings. The second-order valence-electron chi connectivity index (χ2n) is 12.4. The number of aliphatic carboxylic acids is 2. The van der Waals surface area contributed by atoms with Gasteiger partial charge in [-0.1, -0.05) is 39.8 Å². The van der Waals surface area contributed by atoms with Gasteiger partial charge in [0.1, 0.15) is 29.9 Å². The molecule has 0 unspecified atom stereocenters. The summed E-state index contributed by atoms with van der Waals surface area (Å²) in [5, 5.41) is 36.1. The molecule has 250 valence electrons. The molecular weight excluding hydrogens is 586 g/mol. The monoisotopic (exact) mass is 633 g/mol. The van der Waals surface area contributed by atoms with E-state index in [4.69, 9.17) is 5.73 Å². The molecule has 1 fully saturated rings. The van der Waals surface area contributed by atoms with Crippen LogP contribution in [-0.4, -0.2) is 92.5 Å². The summed E-state index contributed by atoms with van der Waals surface area (Å²) >= 11 is 0. The number of nitrogens with zero attached hydrogens (tertiary/aromatic N) is 1. The molecule has 1 heterocycles. The van der Waals surface area contributed by atoms with Crippen LogP contribution >= 0.6 is 0 Å². The summed E-state index contributed by atoms with van der Waals surface area (Å²) in [6.07, 6.45) is 0.629. The fourth-order valence-corrected chi connectivity index (χ4v) is 5.24. The standard InChI is InChI=1S/C31H47N5O9/c1-17(2)14-21(32)30(43)36-13-5-6-25(36)29(42)33-22(11-12-26(38)39)27(40)34-23(15-18(3)4)28(41)35-24(31(44)45)16-19-7-9-20(37)10-8-19/h7-10,17-18,21-25,37H,5-6,11-16,32H2,1-4H3,(H,33,42)(H,34,40)(H,35,41)(H,38,39)(H,44,45)/t21-,22-,23-,24-,25-/m0/s1. The summed E-state index contributed by atoms with van der Waals surface area (Å²) in [6, 6.07) is 0.283. The molecule has 14 nitrogen and oxygen atoms in total. The van der Waals surface area contributed by atoms with Gasteiger partial charge in [-0.05, 0) is 61.6 Å². The Labute approximate surface area is 263 Å². The molecule has 1 saturated heterocycles. The summed E-state index contributed by atoms with van der Waals surface area (Å²) in [6.45, 7) is 7.78. The van der Waals surface area contributed by atoms with Gasteiger partial charge in [-0.3, -0.25) is 24.0 Å². The number of carbonyl (C=O) groups is 6. The van der Waals surface area contributed by atoms with Crippen molar-refractivity contribution in [2.24, 2.45) is 17.6 Å². The first-order valence-electron chi connectivity index (χ1n) is 15.3. The molecule has 14 heteroatoms. The number of hydrogen-bond donors (Lipinski definition) is 7. The summed E-state index contributed by atoms with van der Waals surface area (Å²) in [4.78, 5) is 77.8. The van der Waals surface area contributed by atoms with E-state index in [1.54, 1.807) is 13.8 Å². The molecule has 1 aromatic rings. The van der Waals surface area contributed by atoms with Crippen LogP contribution in [0.15, 0.2) is 24.3 Å². The Bertz CT molecular complexity index is 1200. The van der Waals surface area contributed by atoms with Gasteiger partial charge in [-0.15, -0.1) is 0 Å². The third-order valence-corrected chi connectivity index (χ3v) is 7.49. The highest BCUT2D eigenvalue weighted by Crippen LogP contribution is 2.20. The number of benzene rings is 1. The fraction of sp³-hybridized carbons (Fsp3) is 0.613. The third kappa shape index (κ3) is 12.0. The minimum atomic E-state index is -1.34. The Morgan fingerprint density at radius 2 is 1.44 bits per heavy atom. The van der Waals surface area contributed by atoms with E-state index in [0.717, 1.165) is 0 Å². The van der Waals surface area contributed by atoms with Crippen LogP contribution in [0, 0.1) is 11.8 Å². The molecule has 0 spiro atoms. The summed E-state index contributed by atoms with van der Waals surface area (Å²) in [5.74, 6) is -5.04. The predicted octanol–water partition coefficient (Wildman–Crippen LogP) is 0.749. The van der Waals surface area contributed by atoms with Gasteiger partial charge in [-0.25, -0.2) is 4.79 Å². The van der Waals surface area contributed by atoms with Gasteiger partial charge in [0.2, 0.25) is 23.6 Å². The molecule has 1 aliphatic heterocycles. The van der Waals surface area contributed by atoms with Gasteiger partial charge in [0.25, 0.3) is 0 Å². The number of nitrogens with one attached hydrogen (secondary N) is 3. The summed E-state index contributed by atoms with van der Waals surface area (Å²) < 4.78 is 0. The molecule has 4 amide bonds. The van der Waals surface area contributed by atoms with E-state index >= 15 is 0 Å². The van der Waals surface area contributed by atoms with Crippen LogP contribution in [-0.2, 0) is 35.2 Å². The van der Waals surface area contributed by atoms with Gasteiger partial charge in [0, 0.05) is 19.4 Å². The van der Waals surface area contributed by atoms with Crippen molar-refractivity contribution in [2.45, 2.75) is 103 Å². The molecule has 45 heavy (non-hydrogen) atoms. The smallest absolute Gasteiger partial charge is 0.326 e. The molecule has 8 N–H and O–H groups in total. The van der Waals surface area contributed by atoms with Crippen molar-refractivity contribution in [1.29, 1.82) is 0 Å². The van der Waals surface area contributed by atoms with Crippen LogP contribution in [0.25, 0.3) is 0 Å². The maximum absolute atomic E-state index is 13.5. The van der Waals surface area contributed by atoms with E-state index in [2.05, 4.69) is 16.0 Å². The maximum Gasteiger partial charge on any atom is 0.326 e. The van der Waals surface area contributed by atoms with Gasteiger partial charge in [0.15, 0.2) is 0 Å². The van der Waals surface area contributed by atoms with Gasteiger partial charge < -0.3 is 41.9 Å². The molecule has 0 saturated carbocycles. The molecule has 0 radical (unpaired) electrons. The fourth-order valence-electron chi connectivity index (χ4n) is 5.24. The highest BCUT2D eigenvalue weighted by atomic mass is 16.4. The number of likely N-dealkylation sites (tertiary alicyclic amines) is 1. The zero-order valence-electron chi connectivity index (χ0n) is 26.3. The number of carboxylic acids is 2. The predicted molar refractivity (Wildman–Crippen MR) is 164 cm³/mol. The highest BCUT2D eigenvalue weighted by Gasteiger charge is 2.38. The summed E-state index contributed by atoms with van der Waals surface area (Å²) in [5.41, 5.74) is 6.63. The van der Waals surface area contributed by atoms with Crippen LogP contribution in [0.2, 0.25) is 0 Å². The zero-order chi connectivity index (χ0) is 33.8. The lowest BCUT2D eigenvalue weighted by atomic mass is 10.0. The van der Waals surface area contributed by atoms with Crippen LogP contribution in [0.4, 0.5) is 0 Å². The third-order valence-electron chi connectivity index (χ3n) is 7.49. The molecule has 0 aliphatic carbocycles. The Morgan fingerprint density at radius 1 is 0.867 bits per heavy atom. The zero-order valence-corrected chi connectivity index (χ0v) is 26.3. The number of rotatable bonds is 17. The Kier molecular flexibility index (Phi) is 14.2. The van der Waals surface area contributed by atoms with Crippen molar-refractivity contribution >= 4 is 35.6 Å². The van der Waals surface area contributed by atoms with Gasteiger partial charge >= 0.3 is 11.9 Å². The van der Waals surface area contributed by atoms with Gasteiger partial charge in [-0.2, -0.15) is 0 Å². The maximum atomic E-state index is 13.5. The first-order chi connectivity index (χ1) is 21.1. The Hall–Kier alpha value is -4.20. The molecule has 0 bridgehead atoms. The molecule has 5 atom stereocenters. The Balaban J connectivity index is 2.20. The van der Waals surface area contributed by atoms with E-state index in [0.29, 0.717) is 31.4 Å². The molecule has 0 aromatic heterocycles. The lowest BCUT2D eigenvalue weighted by Crippen LogP contribution is -2.58.